The zero-order chi connectivity index (χ0) is 13.1. The molecule has 98 valence electrons. The Balaban J connectivity index is 2.60. The molecular formula is C11H17F3N2O. The summed E-state index contributed by atoms with van der Waals surface area (Å²) in [6, 6.07) is 2.14. The third kappa shape index (κ3) is 3.58. The van der Waals surface area contributed by atoms with Crippen molar-refractivity contribution in [1.82, 2.24) is 5.32 Å². The lowest BCUT2D eigenvalue weighted by Gasteiger charge is -2.36. The summed E-state index contributed by atoms with van der Waals surface area (Å²) in [5.74, 6) is 0. The molecular weight excluding hydrogens is 233 g/mol. The minimum atomic E-state index is -4.34. The molecule has 0 aliphatic heterocycles. The van der Waals surface area contributed by atoms with Gasteiger partial charge in [0.15, 0.2) is 6.10 Å². The van der Waals surface area contributed by atoms with Crippen LogP contribution < -0.4 is 5.32 Å². The van der Waals surface area contributed by atoms with Crippen LogP contribution in [0.25, 0.3) is 0 Å². The number of hydrogen-bond donors (Lipinski definition) is 1. The van der Waals surface area contributed by atoms with Crippen molar-refractivity contribution >= 4 is 0 Å². The highest BCUT2D eigenvalue weighted by Crippen LogP contribution is 2.32. The van der Waals surface area contributed by atoms with Crippen LogP contribution in [0.2, 0.25) is 0 Å². The van der Waals surface area contributed by atoms with Crippen LogP contribution in [-0.4, -0.2) is 31.0 Å². The zero-order valence-electron chi connectivity index (χ0n) is 9.97. The predicted molar refractivity (Wildman–Crippen MR) is 56.3 cm³/mol. The minimum Gasteiger partial charge on any atom is -0.366 e. The average Bonchev–Trinajstić information content (AvgIpc) is 2.28. The summed E-state index contributed by atoms with van der Waals surface area (Å²) < 4.78 is 42.1. The summed E-state index contributed by atoms with van der Waals surface area (Å²) in [7, 11) is 1.65. The van der Waals surface area contributed by atoms with Crippen molar-refractivity contribution in [2.75, 3.05) is 7.05 Å². The van der Waals surface area contributed by atoms with Crippen molar-refractivity contribution in [3.05, 3.63) is 0 Å². The molecule has 3 unspecified atom stereocenters. The van der Waals surface area contributed by atoms with Crippen LogP contribution in [0.4, 0.5) is 13.2 Å². The van der Waals surface area contributed by atoms with Crippen LogP contribution in [0, 0.1) is 11.3 Å². The van der Waals surface area contributed by atoms with E-state index in [0.29, 0.717) is 25.7 Å². The third-order valence-corrected chi connectivity index (χ3v) is 3.26. The Morgan fingerprint density at radius 1 is 1.53 bits per heavy atom. The fraction of sp³-hybridized carbons (Fsp3) is 0.909. The Hall–Kier alpha value is -0.800. The Labute approximate surface area is 98.9 Å². The van der Waals surface area contributed by atoms with Crippen molar-refractivity contribution in [1.29, 1.82) is 5.26 Å². The van der Waals surface area contributed by atoms with Gasteiger partial charge in [-0.15, -0.1) is 0 Å². The average molecular weight is 250 g/mol. The third-order valence-electron chi connectivity index (χ3n) is 3.26. The van der Waals surface area contributed by atoms with Crippen molar-refractivity contribution in [2.45, 2.75) is 56.5 Å². The number of nitrogens with zero attached hydrogens (tertiary/aromatic N) is 1. The van der Waals surface area contributed by atoms with E-state index in [1.807, 2.05) is 0 Å². The van der Waals surface area contributed by atoms with Gasteiger partial charge in [-0.05, 0) is 33.2 Å². The van der Waals surface area contributed by atoms with Crippen molar-refractivity contribution in [3.8, 4) is 6.07 Å². The van der Waals surface area contributed by atoms with Gasteiger partial charge in [0.1, 0.15) is 5.54 Å². The van der Waals surface area contributed by atoms with E-state index in [0.717, 1.165) is 6.92 Å². The molecule has 0 saturated heterocycles. The first-order valence-electron chi connectivity index (χ1n) is 5.65. The van der Waals surface area contributed by atoms with Gasteiger partial charge in [-0.3, -0.25) is 0 Å². The van der Waals surface area contributed by atoms with E-state index in [-0.39, 0.29) is 0 Å². The summed E-state index contributed by atoms with van der Waals surface area (Å²) in [6.45, 7) is 1.00. The van der Waals surface area contributed by atoms with Crippen LogP contribution in [-0.2, 0) is 4.74 Å². The van der Waals surface area contributed by atoms with E-state index in [1.165, 1.54) is 0 Å². The van der Waals surface area contributed by atoms with Gasteiger partial charge >= 0.3 is 6.18 Å². The second kappa shape index (κ2) is 5.23. The van der Waals surface area contributed by atoms with E-state index in [4.69, 9.17) is 10.00 Å². The van der Waals surface area contributed by atoms with Gasteiger partial charge in [0.2, 0.25) is 0 Å². The van der Waals surface area contributed by atoms with E-state index in [2.05, 4.69) is 11.4 Å². The molecule has 6 heteroatoms. The fourth-order valence-electron chi connectivity index (χ4n) is 2.09. The topological polar surface area (TPSA) is 45.0 Å². The van der Waals surface area contributed by atoms with Crippen LogP contribution in [0.15, 0.2) is 0 Å². The quantitative estimate of drug-likeness (QED) is 0.836. The Morgan fingerprint density at radius 3 is 2.65 bits per heavy atom. The maximum atomic E-state index is 12.4. The maximum absolute atomic E-state index is 12.4. The first kappa shape index (κ1) is 14.3. The number of nitriles is 1. The van der Waals surface area contributed by atoms with Gasteiger partial charge in [0.05, 0.1) is 12.2 Å². The largest absolute Gasteiger partial charge is 0.414 e. The monoisotopic (exact) mass is 250 g/mol. The number of alkyl halides is 3. The Kier molecular flexibility index (Phi) is 4.39. The SMILES string of the molecule is CNC1(C#N)CCCC(OC(C)C(F)(F)F)C1. The smallest absolute Gasteiger partial charge is 0.366 e. The minimum absolute atomic E-state index is 0.306. The molecule has 0 heterocycles. The van der Waals surface area contributed by atoms with Gasteiger partial charge in [0.25, 0.3) is 0 Å². The molecule has 0 aromatic heterocycles. The molecule has 3 atom stereocenters. The van der Waals surface area contributed by atoms with E-state index < -0.39 is 23.9 Å². The van der Waals surface area contributed by atoms with E-state index in [9.17, 15) is 13.2 Å². The highest BCUT2D eigenvalue weighted by atomic mass is 19.4. The molecule has 0 amide bonds. The maximum Gasteiger partial charge on any atom is 0.414 e. The zero-order valence-corrected chi connectivity index (χ0v) is 9.97. The highest BCUT2D eigenvalue weighted by molar-refractivity contribution is 5.09. The summed E-state index contributed by atoms with van der Waals surface area (Å²) in [5, 5.41) is 11.9. The van der Waals surface area contributed by atoms with E-state index in [1.54, 1.807) is 7.05 Å². The molecule has 17 heavy (non-hydrogen) atoms. The number of halogens is 3. The van der Waals surface area contributed by atoms with Crippen LogP contribution in [0.5, 0.6) is 0 Å². The first-order chi connectivity index (χ1) is 7.83. The number of hydrogen-bond acceptors (Lipinski definition) is 3. The van der Waals surface area contributed by atoms with Crippen molar-refractivity contribution in [2.24, 2.45) is 0 Å². The summed E-state index contributed by atoms with van der Waals surface area (Å²) >= 11 is 0. The summed E-state index contributed by atoms with van der Waals surface area (Å²) in [6.07, 6.45) is -4.39. The van der Waals surface area contributed by atoms with Crippen LogP contribution in [0.3, 0.4) is 0 Å². The molecule has 0 bridgehead atoms. The second-order valence-corrected chi connectivity index (χ2v) is 4.48. The molecule has 1 rings (SSSR count). The molecule has 1 aliphatic carbocycles. The molecule has 0 aromatic rings. The van der Waals surface area contributed by atoms with Crippen molar-refractivity contribution in [3.63, 3.8) is 0 Å². The lowest BCUT2D eigenvalue weighted by atomic mass is 9.81. The molecule has 0 aromatic carbocycles. The molecule has 1 fully saturated rings. The van der Waals surface area contributed by atoms with Gasteiger partial charge in [-0.25, -0.2) is 0 Å². The fourth-order valence-corrected chi connectivity index (χ4v) is 2.09. The number of rotatable bonds is 3. The normalized spacial score (nSPS) is 31.9. The first-order valence-corrected chi connectivity index (χ1v) is 5.65. The molecule has 1 saturated carbocycles. The molecule has 1 aliphatic rings. The van der Waals surface area contributed by atoms with Crippen LogP contribution in [0.1, 0.15) is 32.6 Å². The Morgan fingerprint density at radius 2 is 2.18 bits per heavy atom. The molecule has 1 N–H and O–H groups in total. The van der Waals surface area contributed by atoms with Gasteiger partial charge in [-0.1, -0.05) is 0 Å². The summed E-state index contributed by atoms with van der Waals surface area (Å²) in [4.78, 5) is 0. The van der Waals surface area contributed by atoms with Crippen molar-refractivity contribution < 1.29 is 17.9 Å². The lowest BCUT2D eigenvalue weighted by molar-refractivity contribution is -0.230. The number of nitrogens with one attached hydrogen (secondary N) is 1. The molecule has 3 nitrogen and oxygen atoms in total. The van der Waals surface area contributed by atoms with Gasteiger partial charge in [-0.2, -0.15) is 18.4 Å². The lowest BCUT2D eigenvalue weighted by Crippen LogP contribution is -2.48. The van der Waals surface area contributed by atoms with Gasteiger partial charge < -0.3 is 10.1 Å². The van der Waals surface area contributed by atoms with E-state index >= 15 is 0 Å². The second-order valence-electron chi connectivity index (χ2n) is 4.48. The number of ether oxygens (including phenoxy) is 1. The highest BCUT2D eigenvalue weighted by Gasteiger charge is 2.42. The van der Waals surface area contributed by atoms with Gasteiger partial charge in [0, 0.05) is 6.42 Å². The molecule has 0 radical (unpaired) electrons. The summed E-state index contributed by atoms with van der Waals surface area (Å²) in [5.41, 5.74) is -0.742. The predicted octanol–water partition coefficient (Wildman–Crippen LogP) is 2.38. The molecule has 0 spiro atoms. The Bertz CT molecular complexity index is 300. The van der Waals surface area contributed by atoms with Crippen LogP contribution >= 0.6 is 0 Å². The standard InChI is InChI=1S/C11H17F3N2O/c1-8(11(12,13)14)17-9-4-3-5-10(6-9,7-15)16-2/h8-9,16H,3-6H2,1-2H3.